The van der Waals surface area contributed by atoms with Crippen molar-refractivity contribution in [2.75, 3.05) is 0 Å². The van der Waals surface area contributed by atoms with Crippen LogP contribution < -0.4 is 0 Å². The monoisotopic (exact) mass is 391 g/mol. The van der Waals surface area contributed by atoms with Crippen LogP contribution in [0.3, 0.4) is 0 Å². The van der Waals surface area contributed by atoms with E-state index in [1.54, 1.807) is 11.3 Å². The van der Waals surface area contributed by atoms with Crippen LogP contribution >= 0.6 is 11.3 Å². The molecule has 6 rings (SSSR count). The smallest absolute Gasteiger partial charge is 0.125 e. The molecule has 0 saturated carbocycles. The Morgan fingerprint density at radius 2 is 1.41 bits per heavy atom. The van der Waals surface area contributed by atoms with Crippen molar-refractivity contribution in [1.82, 2.24) is 4.98 Å². The van der Waals surface area contributed by atoms with Gasteiger partial charge in [-0.15, -0.1) is 11.3 Å². The molecular formula is C27H21NS. The molecule has 6 aromatic rings. The van der Waals surface area contributed by atoms with Crippen molar-refractivity contribution in [3.8, 4) is 10.6 Å². The maximum atomic E-state index is 4.93. The predicted molar refractivity (Wildman–Crippen MR) is 127 cm³/mol. The molecule has 2 heteroatoms. The molecule has 0 aliphatic rings. The Morgan fingerprint density at radius 3 is 2.17 bits per heavy atom. The first kappa shape index (κ1) is 16.9. The Bertz CT molecular complexity index is 1480. The van der Waals surface area contributed by atoms with Gasteiger partial charge in [0.15, 0.2) is 0 Å². The molecule has 0 atom stereocenters. The fraction of sp³-hybridized carbons (Fsp3) is 0.148. The molecular weight excluding hydrogens is 370 g/mol. The molecule has 140 valence electrons. The summed E-state index contributed by atoms with van der Waals surface area (Å²) in [5.41, 5.74) is 3.83. The molecule has 0 aliphatic carbocycles. The van der Waals surface area contributed by atoms with Crippen molar-refractivity contribution in [3.63, 3.8) is 0 Å². The van der Waals surface area contributed by atoms with Gasteiger partial charge in [0.05, 0.1) is 10.2 Å². The number of rotatable bonds is 1. The van der Waals surface area contributed by atoms with E-state index in [0.717, 1.165) is 10.5 Å². The molecule has 1 heterocycles. The number of aromatic nitrogens is 1. The van der Waals surface area contributed by atoms with Gasteiger partial charge in [-0.3, -0.25) is 0 Å². The predicted octanol–water partition coefficient (Wildman–Crippen LogP) is 8.16. The molecule has 5 aromatic carbocycles. The number of benzene rings is 5. The lowest BCUT2D eigenvalue weighted by Gasteiger charge is -2.21. The molecule has 0 bridgehead atoms. The first-order valence-electron chi connectivity index (χ1n) is 10.1. The van der Waals surface area contributed by atoms with Gasteiger partial charge in [0, 0.05) is 5.56 Å². The SMILES string of the molecule is CC(C)(C)c1cc2ccc3ccc(-c4nc5ccccc5s4)c4ccc(c1)c2c34. The van der Waals surface area contributed by atoms with Gasteiger partial charge >= 0.3 is 0 Å². The lowest BCUT2D eigenvalue weighted by atomic mass is 9.83. The summed E-state index contributed by atoms with van der Waals surface area (Å²) >= 11 is 1.78. The van der Waals surface area contributed by atoms with Gasteiger partial charge in [-0.2, -0.15) is 0 Å². The Kier molecular flexibility index (Phi) is 3.37. The molecule has 1 nitrogen and oxygen atoms in total. The van der Waals surface area contributed by atoms with Gasteiger partial charge in [-0.05, 0) is 55.4 Å². The fourth-order valence-corrected chi connectivity index (χ4v) is 5.43. The molecule has 0 spiro atoms. The van der Waals surface area contributed by atoms with Gasteiger partial charge < -0.3 is 0 Å². The number of nitrogens with zero attached hydrogens (tertiary/aromatic N) is 1. The maximum absolute atomic E-state index is 4.93. The third-order valence-electron chi connectivity index (χ3n) is 5.99. The van der Waals surface area contributed by atoms with E-state index < -0.39 is 0 Å². The first-order chi connectivity index (χ1) is 14.0. The lowest BCUT2D eigenvalue weighted by molar-refractivity contribution is 0.591. The van der Waals surface area contributed by atoms with E-state index in [4.69, 9.17) is 4.98 Å². The minimum Gasteiger partial charge on any atom is -0.236 e. The highest BCUT2D eigenvalue weighted by atomic mass is 32.1. The molecule has 29 heavy (non-hydrogen) atoms. The number of fused-ring (bicyclic) bond motifs is 1. The summed E-state index contributed by atoms with van der Waals surface area (Å²) in [4.78, 5) is 4.93. The van der Waals surface area contributed by atoms with E-state index in [9.17, 15) is 0 Å². The summed E-state index contributed by atoms with van der Waals surface area (Å²) < 4.78 is 1.24. The summed E-state index contributed by atoms with van der Waals surface area (Å²) in [6.45, 7) is 6.85. The largest absolute Gasteiger partial charge is 0.236 e. The normalized spacial score (nSPS) is 12.7. The van der Waals surface area contributed by atoms with Gasteiger partial charge in [0.2, 0.25) is 0 Å². The van der Waals surface area contributed by atoms with E-state index in [2.05, 4.69) is 93.6 Å². The van der Waals surface area contributed by atoms with Crippen molar-refractivity contribution in [2.24, 2.45) is 0 Å². The van der Waals surface area contributed by atoms with Crippen LogP contribution in [0.15, 0.2) is 72.8 Å². The highest BCUT2D eigenvalue weighted by Crippen LogP contribution is 2.42. The van der Waals surface area contributed by atoms with Crippen molar-refractivity contribution >= 4 is 53.9 Å². The second kappa shape index (κ2) is 5.77. The number of hydrogen-bond donors (Lipinski definition) is 0. The molecule has 0 radical (unpaired) electrons. The van der Waals surface area contributed by atoms with Crippen molar-refractivity contribution in [2.45, 2.75) is 26.2 Å². The highest BCUT2D eigenvalue weighted by Gasteiger charge is 2.18. The maximum Gasteiger partial charge on any atom is 0.125 e. The van der Waals surface area contributed by atoms with Gasteiger partial charge in [-0.1, -0.05) is 81.4 Å². The number of para-hydroxylation sites is 1. The summed E-state index contributed by atoms with van der Waals surface area (Å²) in [5.74, 6) is 0. The van der Waals surface area contributed by atoms with E-state index in [1.165, 1.54) is 48.1 Å². The average molecular weight is 392 g/mol. The number of hydrogen-bond acceptors (Lipinski definition) is 2. The van der Waals surface area contributed by atoms with Crippen LogP contribution in [-0.2, 0) is 5.41 Å². The molecule has 0 saturated heterocycles. The van der Waals surface area contributed by atoms with Gasteiger partial charge in [0.25, 0.3) is 0 Å². The van der Waals surface area contributed by atoms with E-state index >= 15 is 0 Å². The second-order valence-corrected chi connectivity index (χ2v) is 9.95. The molecule has 1 aromatic heterocycles. The van der Waals surface area contributed by atoms with Crippen molar-refractivity contribution in [3.05, 3.63) is 78.4 Å². The molecule has 0 N–H and O–H groups in total. The Hall–Kier alpha value is -2.97. The van der Waals surface area contributed by atoms with Crippen LogP contribution in [0.1, 0.15) is 26.3 Å². The highest BCUT2D eigenvalue weighted by molar-refractivity contribution is 7.21. The van der Waals surface area contributed by atoms with Crippen LogP contribution in [0.5, 0.6) is 0 Å². The number of thiazole rings is 1. The lowest BCUT2D eigenvalue weighted by Crippen LogP contribution is -2.10. The first-order valence-corrected chi connectivity index (χ1v) is 10.9. The van der Waals surface area contributed by atoms with Gasteiger partial charge in [0.1, 0.15) is 5.01 Å². The van der Waals surface area contributed by atoms with Crippen molar-refractivity contribution < 1.29 is 0 Å². The Labute approximate surface area is 174 Å². The van der Waals surface area contributed by atoms with Crippen LogP contribution in [0.25, 0.3) is 53.1 Å². The van der Waals surface area contributed by atoms with Crippen molar-refractivity contribution in [1.29, 1.82) is 0 Å². The average Bonchev–Trinajstić information content (AvgIpc) is 3.15. The fourth-order valence-electron chi connectivity index (χ4n) is 4.43. The molecule has 0 unspecified atom stereocenters. The molecule has 0 amide bonds. The third kappa shape index (κ3) is 2.49. The van der Waals surface area contributed by atoms with Crippen LogP contribution in [0, 0.1) is 0 Å². The summed E-state index contributed by atoms with van der Waals surface area (Å²) in [5, 5.41) is 9.07. The Morgan fingerprint density at radius 1 is 0.724 bits per heavy atom. The van der Waals surface area contributed by atoms with E-state index in [0.29, 0.717) is 0 Å². The summed E-state index contributed by atoms with van der Waals surface area (Å²) in [7, 11) is 0. The topological polar surface area (TPSA) is 12.9 Å². The van der Waals surface area contributed by atoms with Crippen LogP contribution in [0.2, 0.25) is 0 Å². The zero-order valence-corrected chi connectivity index (χ0v) is 17.6. The standard InChI is InChI=1S/C27H21NS/c1-27(2,3)19-14-17-9-8-16-10-13-21(20-12-11-18(15-19)24(17)25(16)20)26-28-22-6-4-5-7-23(22)29-26/h4-15H,1-3H3. The van der Waals surface area contributed by atoms with Crippen LogP contribution in [-0.4, -0.2) is 4.98 Å². The zero-order valence-electron chi connectivity index (χ0n) is 16.8. The zero-order chi connectivity index (χ0) is 19.8. The molecule has 0 aliphatic heterocycles. The minimum absolute atomic E-state index is 0.136. The van der Waals surface area contributed by atoms with Crippen LogP contribution in [0.4, 0.5) is 0 Å². The minimum atomic E-state index is 0.136. The molecule has 0 fully saturated rings. The van der Waals surface area contributed by atoms with Gasteiger partial charge in [-0.25, -0.2) is 4.98 Å². The summed E-state index contributed by atoms with van der Waals surface area (Å²) in [6.07, 6.45) is 0. The van der Waals surface area contributed by atoms with E-state index in [1.807, 2.05) is 0 Å². The third-order valence-corrected chi connectivity index (χ3v) is 7.06. The Balaban J connectivity index is 1.71. The summed E-state index contributed by atoms with van der Waals surface area (Å²) in [6, 6.07) is 26.7. The second-order valence-electron chi connectivity index (χ2n) is 8.92. The van der Waals surface area contributed by atoms with E-state index in [-0.39, 0.29) is 5.41 Å². The quantitative estimate of drug-likeness (QED) is 0.258.